The predicted molar refractivity (Wildman–Crippen MR) is 102 cm³/mol. The molecule has 1 heterocycles. The summed E-state index contributed by atoms with van der Waals surface area (Å²) in [6, 6.07) is 16.8. The van der Waals surface area contributed by atoms with E-state index in [9.17, 15) is 18.8 Å². The highest BCUT2D eigenvalue weighted by Gasteiger charge is 2.45. The fourth-order valence-corrected chi connectivity index (χ4v) is 4.00. The van der Waals surface area contributed by atoms with Crippen LogP contribution in [0.2, 0.25) is 0 Å². The van der Waals surface area contributed by atoms with E-state index >= 15 is 0 Å². The van der Waals surface area contributed by atoms with E-state index in [4.69, 9.17) is 9.88 Å². The molecule has 2 aromatic carbocycles. The van der Waals surface area contributed by atoms with E-state index in [2.05, 4.69) is 6.07 Å². The Morgan fingerprint density at radius 2 is 1.96 bits per heavy atom. The van der Waals surface area contributed by atoms with Crippen LogP contribution in [0.1, 0.15) is 24.5 Å². The normalized spacial score (nSPS) is 23.7. The van der Waals surface area contributed by atoms with Gasteiger partial charge in [0.2, 0.25) is 10.0 Å². The van der Waals surface area contributed by atoms with Crippen molar-refractivity contribution in [2.75, 3.05) is 13.2 Å². The highest BCUT2D eigenvalue weighted by molar-refractivity contribution is 7.89. The number of nitrogens with two attached hydrogens (primary N) is 1. The van der Waals surface area contributed by atoms with Crippen LogP contribution in [-0.4, -0.2) is 32.0 Å². The number of sulfonamides is 1. The fraction of sp³-hybridized carbons (Fsp3) is 0.350. The predicted octanol–water partition coefficient (Wildman–Crippen LogP) is 2.13. The maximum absolute atomic E-state index is 11.6. The van der Waals surface area contributed by atoms with Crippen LogP contribution in [0.3, 0.4) is 0 Å². The monoisotopic (exact) mass is 386 g/mol. The number of nitrogens with zero attached hydrogens (tertiary/aromatic N) is 1. The van der Waals surface area contributed by atoms with Gasteiger partial charge in [0.25, 0.3) is 0 Å². The first-order valence-electron chi connectivity index (χ1n) is 8.67. The summed E-state index contributed by atoms with van der Waals surface area (Å²) in [5.74, 6) is -0.372. The van der Waals surface area contributed by atoms with E-state index < -0.39 is 20.9 Å². The van der Waals surface area contributed by atoms with E-state index in [1.807, 2.05) is 30.3 Å². The molecule has 27 heavy (non-hydrogen) atoms. The molecule has 142 valence electrons. The van der Waals surface area contributed by atoms with Gasteiger partial charge >= 0.3 is 0 Å². The van der Waals surface area contributed by atoms with Crippen LogP contribution in [0.5, 0.6) is 0 Å². The van der Waals surface area contributed by atoms with E-state index in [0.717, 1.165) is 11.1 Å². The van der Waals surface area contributed by atoms with Crippen molar-refractivity contribution in [3.05, 3.63) is 59.7 Å². The zero-order valence-corrected chi connectivity index (χ0v) is 15.8. The highest BCUT2D eigenvalue weighted by Crippen LogP contribution is 2.39. The number of hydrogen-bond acceptors (Lipinski definition) is 5. The van der Waals surface area contributed by atoms with Crippen LogP contribution in [0, 0.1) is 17.2 Å². The summed E-state index contributed by atoms with van der Waals surface area (Å²) in [6.45, 7) is 1.91. The zero-order chi connectivity index (χ0) is 19.7. The number of aliphatic hydroxyl groups is 1. The Morgan fingerprint density at radius 1 is 1.30 bits per heavy atom. The highest BCUT2D eigenvalue weighted by atomic mass is 32.2. The second-order valence-corrected chi connectivity index (χ2v) is 8.99. The van der Waals surface area contributed by atoms with Gasteiger partial charge in [0.15, 0.2) is 0 Å². The summed E-state index contributed by atoms with van der Waals surface area (Å²) >= 11 is 0. The van der Waals surface area contributed by atoms with Crippen LogP contribution < -0.4 is 5.14 Å². The Kier molecular flexibility index (Phi) is 5.36. The SMILES string of the molecule is CC(CC1COCC1(O)c1ccc(-c2ccccc2C#N)cc1)S(N)(=O)=O. The molecule has 1 aliphatic rings. The maximum atomic E-state index is 11.6. The molecule has 3 N–H and O–H groups in total. The number of hydrogen-bond donors (Lipinski definition) is 2. The average Bonchev–Trinajstić information content (AvgIpc) is 3.02. The Balaban J connectivity index is 1.88. The van der Waals surface area contributed by atoms with Gasteiger partial charge in [0.1, 0.15) is 5.60 Å². The lowest BCUT2D eigenvalue weighted by molar-refractivity contribution is -0.00577. The summed E-state index contributed by atoms with van der Waals surface area (Å²) in [5, 5.41) is 24.9. The largest absolute Gasteiger partial charge is 0.382 e. The number of ether oxygens (including phenoxy) is 1. The molecule has 0 aliphatic carbocycles. The van der Waals surface area contributed by atoms with Crippen LogP contribution in [0.25, 0.3) is 11.1 Å². The maximum Gasteiger partial charge on any atom is 0.211 e. The van der Waals surface area contributed by atoms with Gasteiger partial charge in [-0.2, -0.15) is 5.26 Å². The molecule has 3 rings (SSSR count). The summed E-state index contributed by atoms with van der Waals surface area (Å²) < 4.78 is 28.6. The number of benzene rings is 2. The van der Waals surface area contributed by atoms with Crippen LogP contribution in [0.15, 0.2) is 48.5 Å². The molecular weight excluding hydrogens is 364 g/mol. The standard InChI is InChI=1S/C20H22N2O4S/c1-14(27(22,24)25)10-18-12-26-13-20(18,23)17-8-6-15(7-9-17)19-5-3-2-4-16(19)11-21/h2-9,14,18,23H,10,12-13H2,1H3,(H2,22,24,25). The van der Waals surface area contributed by atoms with E-state index in [-0.39, 0.29) is 25.6 Å². The van der Waals surface area contributed by atoms with Crippen LogP contribution >= 0.6 is 0 Å². The molecule has 1 saturated heterocycles. The Labute approximate surface area is 159 Å². The molecule has 3 atom stereocenters. The van der Waals surface area contributed by atoms with Gasteiger partial charge in [-0.1, -0.05) is 42.5 Å². The first-order chi connectivity index (χ1) is 12.8. The molecule has 0 spiro atoms. The van der Waals surface area contributed by atoms with E-state index in [1.54, 1.807) is 18.2 Å². The molecule has 1 fully saturated rings. The molecule has 0 radical (unpaired) electrons. The first kappa shape index (κ1) is 19.5. The van der Waals surface area contributed by atoms with Crippen molar-refractivity contribution >= 4 is 10.0 Å². The van der Waals surface area contributed by atoms with Gasteiger partial charge in [0.05, 0.1) is 30.1 Å². The van der Waals surface area contributed by atoms with Crippen molar-refractivity contribution < 1.29 is 18.3 Å². The number of rotatable bonds is 5. The molecule has 6 nitrogen and oxygen atoms in total. The molecular formula is C20H22N2O4S. The first-order valence-corrected chi connectivity index (χ1v) is 10.3. The van der Waals surface area contributed by atoms with E-state index in [1.165, 1.54) is 6.92 Å². The second-order valence-electron chi connectivity index (χ2n) is 7.01. The van der Waals surface area contributed by atoms with Crippen molar-refractivity contribution in [1.82, 2.24) is 0 Å². The molecule has 0 aromatic heterocycles. The van der Waals surface area contributed by atoms with Crippen LogP contribution in [-0.2, 0) is 20.4 Å². The molecule has 1 aliphatic heterocycles. The fourth-order valence-electron chi connectivity index (χ4n) is 3.50. The van der Waals surface area contributed by atoms with Gasteiger partial charge < -0.3 is 9.84 Å². The van der Waals surface area contributed by atoms with Gasteiger partial charge in [-0.15, -0.1) is 0 Å². The lowest BCUT2D eigenvalue weighted by Gasteiger charge is -2.30. The smallest absolute Gasteiger partial charge is 0.211 e. The van der Waals surface area contributed by atoms with Crippen molar-refractivity contribution in [2.24, 2.45) is 11.1 Å². The summed E-state index contributed by atoms with van der Waals surface area (Å²) in [6.07, 6.45) is 0.217. The van der Waals surface area contributed by atoms with Gasteiger partial charge in [-0.3, -0.25) is 0 Å². The third kappa shape index (κ3) is 3.89. The Morgan fingerprint density at radius 3 is 2.59 bits per heavy atom. The lowest BCUT2D eigenvalue weighted by Crippen LogP contribution is -2.38. The molecule has 0 bridgehead atoms. The van der Waals surface area contributed by atoms with Crippen LogP contribution in [0.4, 0.5) is 0 Å². The molecule has 7 heteroatoms. The minimum atomic E-state index is -3.67. The second kappa shape index (κ2) is 7.41. The molecule has 3 unspecified atom stereocenters. The third-order valence-corrected chi connectivity index (χ3v) is 6.55. The summed E-state index contributed by atoms with van der Waals surface area (Å²) in [5.41, 5.74) is 1.65. The molecule has 0 amide bonds. The Bertz CT molecular complexity index is 966. The van der Waals surface area contributed by atoms with Gasteiger partial charge in [-0.05, 0) is 36.1 Å². The minimum absolute atomic E-state index is 0.100. The lowest BCUT2D eigenvalue weighted by atomic mass is 9.81. The van der Waals surface area contributed by atoms with Gasteiger partial charge in [0, 0.05) is 5.92 Å². The van der Waals surface area contributed by atoms with Crippen molar-refractivity contribution in [1.29, 1.82) is 5.26 Å². The third-order valence-electron chi connectivity index (χ3n) is 5.24. The number of nitriles is 1. The van der Waals surface area contributed by atoms with Crippen molar-refractivity contribution in [3.63, 3.8) is 0 Å². The van der Waals surface area contributed by atoms with Crippen molar-refractivity contribution in [2.45, 2.75) is 24.2 Å². The van der Waals surface area contributed by atoms with E-state index in [0.29, 0.717) is 11.1 Å². The summed E-state index contributed by atoms with van der Waals surface area (Å²) in [7, 11) is -3.67. The quantitative estimate of drug-likeness (QED) is 0.817. The van der Waals surface area contributed by atoms with Gasteiger partial charge in [-0.25, -0.2) is 13.6 Å². The molecule has 0 saturated carbocycles. The summed E-state index contributed by atoms with van der Waals surface area (Å²) in [4.78, 5) is 0. The van der Waals surface area contributed by atoms with Crippen molar-refractivity contribution in [3.8, 4) is 17.2 Å². The molecule has 2 aromatic rings. The zero-order valence-electron chi connectivity index (χ0n) is 15.0. The average molecular weight is 386 g/mol. The topological polar surface area (TPSA) is 113 Å². The minimum Gasteiger partial charge on any atom is -0.382 e. The number of primary sulfonamides is 1. The Hall–Kier alpha value is -2.24.